The van der Waals surface area contributed by atoms with E-state index >= 15 is 0 Å². The van der Waals surface area contributed by atoms with Gasteiger partial charge in [-0.3, -0.25) is 14.4 Å². The van der Waals surface area contributed by atoms with Gasteiger partial charge in [0, 0.05) is 49.4 Å². The van der Waals surface area contributed by atoms with Gasteiger partial charge in [0.25, 0.3) is 5.91 Å². The Balaban J connectivity index is 1.50. The Kier molecular flexibility index (Phi) is 8.90. The minimum absolute atomic E-state index is 0.106. The minimum Gasteiger partial charge on any atom is -0.465 e. The molecular weight excluding hydrogens is 526 g/mol. The van der Waals surface area contributed by atoms with Crippen molar-refractivity contribution in [3.05, 3.63) is 48.6 Å². The molecule has 1 unspecified atom stereocenters. The quantitative estimate of drug-likeness (QED) is 0.261. The van der Waals surface area contributed by atoms with Crippen LogP contribution < -0.4 is 9.80 Å². The number of esters is 1. The van der Waals surface area contributed by atoms with Crippen molar-refractivity contribution in [3.8, 4) is 0 Å². The van der Waals surface area contributed by atoms with Gasteiger partial charge in [-0.05, 0) is 57.4 Å². The molecule has 2 saturated heterocycles. The van der Waals surface area contributed by atoms with Crippen LogP contribution in [0.15, 0.2) is 48.6 Å². The van der Waals surface area contributed by atoms with Crippen LogP contribution in [0.1, 0.15) is 46.0 Å². The summed E-state index contributed by atoms with van der Waals surface area (Å²) in [4.78, 5) is 47.7. The predicted molar refractivity (Wildman–Crippen MR) is 158 cm³/mol. The molecule has 1 N–H and O–H groups in total. The highest BCUT2D eigenvalue weighted by Crippen LogP contribution is 2.61. The van der Waals surface area contributed by atoms with Crippen molar-refractivity contribution in [3.63, 3.8) is 0 Å². The normalized spacial score (nSPS) is 29.4. The summed E-state index contributed by atoms with van der Waals surface area (Å²) in [5, 5.41) is 8.95. The van der Waals surface area contributed by atoms with Crippen molar-refractivity contribution in [1.29, 1.82) is 0 Å². The molecule has 5 rings (SSSR count). The Bertz CT molecular complexity index is 1150. The molecule has 0 bridgehead atoms. The summed E-state index contributed by atoms with van der Waals surface area (Å²) in [6.07, 6.45) is 12.0. The topological polar surface area (TPSA) is 90.4 Å². The highest BCUT2D eigenvalue weighted by molar-refractivity contribution is 8.02. The Morgan fingerprint density at radius 2 is 1.77 bits per heavy atom. The van der Waals surface area contributed by atoms with Gasteiger partial charge in [-0.2, -0.15) is 0 Å². The zero-order valence-electron chi connectivity index (χ0n) is 23.5. The molecule has 9 heteroatoms. The van der Waals surface area contributed by atoms with Gasteiger partial charge >= 0.3 is 5.97 Å². The van der Waals surface area contributed by atoms with Crippen LogP contribution in [0.5, 0.6) is 0 Å². The van der Waals surface area contributed by atoms with Gasteiger partial charge in [0.05, 0.1) is 23.2 Å². The zero-order valence-corrected chi connectivity index (χ0v) is 24.4. The number of carbonyl (C=O) groups excluding carboxylic acids is 3. The highest BCUT2D eigenvalue weighted by Gasteiger charge is 2.70. The van der Waals surface area contributed by atoms with Gasteiger partial charge < -0.3 is 24.5 Å². The molecule has 0 radical (unpaired) electrons. The molecule has 0 saturated carbocycles. The van der Waals surface area contributed by atoms with Gasteiger partial charge in [-0.15, -0.1) is 11.8 Å². The van der Waals surface area contributed by atoms with Crippen molar-refractivity contribution >= 4 is 40.9 Å². The van der Waals surface area contributed by atoms with Crippen LogP contribution in [0.2, 0.25) is 0 Å². The third-order valence-corrected chi connectivity index (χ3v) is 10.5. The van der Waals surface area contributed by atoms with E-state index in [9.17, 15) is 14.4 Å². The van der Waals surface area contributed by atoms with Crippen molar-refractivity contribution in [1.82, 2.24) is 4.90 Å². The highest BCUT2D eigenvalue weighted by atomic mass is 32.2. The molecule has 8 nitrogen and oxygen atoms in total. The number of amides is 2. The fourth-order valence-electron chi connectivity index (χ4n) is 6.76. The van der Waals surface area contributed by atoms with Crippen molar-refractivity contribution in [2.24, 2.45) is 11.8 Å². The summed E-state index contributed by atoms with van der Waals surface area (Å²) < 4.78 is 4.73. The molecule has 4 aliphatic rings. The second kappa shape index (κ2) is 12.4. The Labute approximate surface area is 241 Å². The Morgan fingerprint density at radius 3 is 2.50 bits per heavy atom. The van der Waals surface area contributed by atoms with E-state index in [0.717, 1.165) is 50.1 Å². The lowest BCUT2D eigenvalue weighted by Gasteiger charge is -2.35. The van der Waals surface area contributed by atoms with E-state index < -0.39 is 22.6 Å². The number of fused-ring (bicyclic) bond motifs is 2. The van der Waals surface area contributed by atoms with E-state index in [1.165, 1.54) is 0 Å². The molecule has 1 spiro atoms. The first-order chi connectivity index (χ1) is 19.5. The molecule has 40 heavy (non-hydrogen) atoms. The number of unbranched alkanes of at least 4 members (excludes halogenated alkanes) is 3. The van der Waals surface area contributed by atoms with E-state index in [4.69, 9.17) is 9.84 Å². The lowest BCUT2D eigenvalue weighted by atomic mass is 9.78. The van der Waals surface area contributed by atoms with Gasteiger partial charge in [0.2, 0.25) is 5.91 Å². The smallest absolute Gasteiger partial charge is 0.311 e. The van der Waals surface area contributed by atoms with Crippen LogP contribution in [-0.4, -0.2) is 83.2 Å². The number of hydrogen-bond donors (Lipinski definition) is 1. The number of likely N-dealkylation sites (tertiary alicyclic amines) is 1. The molecule has 216 valence electrons. The molecule has 1 aromatic rings. The number of anilines is 2. The first-order valence-corrected chi connectivity index (χ1v) is 15.6. The summed E-state index contributed by atoms with van der Waals surface area (Å²) in [7, 11) is 0. The van der Waals surface area contributed by atoms with E-state index in [1.807, 2.05) is 48.6 Å². The van der Waals surface area contributed by atoms with Crippen LogP contribution >= 0.6 is 11.8 Å². The molecular formula is C31H41N3O5S. The SMILES string of the molecule is CCN(CC)c1ccc(N2CC=C[C@]34S[C@@H]5C=CCCOC(=O)[C@@H]5[C@H]3C(=O)N(CCCCCCO)C4C2=O)cc1. The first kappa shape index (κ1) is 28.7. The number of ether oxygens (including phenoxy) is 1. The first-order valence-electron chi connectivity index (χ1n) is 14.7. The number of thioether (sulfide) groups is 1. The zero-order chi connectivity index (χ0) is 28.3. The third-order valence-electron chi connectivity index (χ3n) is 8.72. The molecule has 5 atom stereocenters. The number of aliphatic hydroxyl groups excluding tert-OH is 1. The minimum atomic E-state index is -0.835. The van der Waals surface area contributed by atoms with E-state index in [0.29, 0.717) is 26.1 Å². The maximum atomic E-state index is 14.5. The number of nitrogens with zero attached hydrogens (tertiary/aromatic N) is 3. The number of aliphatic hydroxyl groups is 1. The van der Waals surface area contributed by atoms with Crippen molar-refractivity contribution in [2.45, 2.75) is 62.0 Å². The van der Waals surface area contributed by atoms with Gasteiger partial charge in [0.15, 0.2) is 0 Å². The fraction of sp³-hybridized carbons (Fsp3) is 0.581. The number of hydrogen-bond acceptors (Lipinski definition) is 7. The van der Waals surface area contributed by atoms with Gasteiger partial charge in [-0.25, -0.2) is 0 Å². The number of rotatable bonds is 10. The Morgan fingerprint density at radius 1 is 1.02 bits per heavy atom. The maximum Gasteiger partial charge on any atom is 0.311 e. The average molecular weight is 568 g/mol. The summed E-state index contributed by atoms with van der Waals surface area (Å²) in [5.41, 5.74) is 1.91. The predicted octanol–water partition coefficient (Wildman–Crippen LogP) is 3.79. The van der Waals surface area contributed by atoms with E-state index in [-0.39, 0.29) is 29.6 Å². The van der Waals surface area contributed by atoms with Gasteiger partial charge in [-0.1, -0.05) is 37.1 Å². The fourth-order valence-corrected chi connectivity index (χ4v) is 8.76. The van der Waals surface area contributed by atoms with Gasteiger partial charge in [0.1, 0.15) is 6.04 Å². The second-order valence-electron chi connectivity index (χ2n) is 10.9. The molecule has 2 fully saturated rings. The number of benzene rings is 1. The molecule has 1 aromatic carbocycles. The Hall–Kier alpha value is -2.78. The molecule has 4 heterocycles. The standard InChI is InChI=1S/C31H41N3O5S/c1-3-32(4-2)22-13-15-23(16-14-22)33-19-11-17-31-26(25-24(40-31)12-7-10-21-39-30(25)38)28(36)34(27(31)29(33)37)18-8-5-6-9-20-35/h7,11-17,24-27,35H,3-6,8-10,18-21H2,1-2H3/t24-,25+,26+,27?,31+/m1/s1. The second-order valence-corrected chi connectivity index (χ2v) is 12.4. The van der Waals surface area contributed by atoms with Crippen LogP contribution in [0.3, 0.4) is 0 Å². The maximum absolute atomic E-state index is 14.5. The van der Waals surface area contributed by atoms with Crippen molar-refractivity contribution < 1.29 is 24.2 Å². The summed E-state index contributed by atoms with van der Waals surface area (Å²) in [6.45, 7) is 7.36. The van der Waals surface area contributed by atoms with Crippen LogP contribution in [0.4, 0.5) is 11.4 Å². The molecule has 0 aliphatic carbocycles. The van der Waals surface area contributed by atoms with Crippen LogP contribution in [0.25, 0.3) is 0 Å². The lowest BCUT2D eigenvalue weighted by molar-refractivity contribution is -0.153. The summed E-state index contributed by atoms with van der Waals surface area (Å²) >= 11 is 1.58. The molecule has 4 aliphatic heterocycles. The average Bonchev–Trinajstić information content (AvgIpc) is 3.32. The number of cyclic esters (lactones) is 1. The molecule has 0 aromatic heterocycles. The third kappa shape index (κ3) is 5.07. The molecule has 2 amide bonds. The van der Waals surface area contributed by atoms with Crippen molar-refractivity contribution in [2.75, 3.05) is 49.2 Å². The van der Waals surface area contributed by atoms with E-state index in [2.05, 4.69) is 18.7 Å². The monoisotopic (exact) mass is 567 g/mol. The number of carbonyl (C=O) groups is 3. The summed E-state index contributed by atoms with van der Waals surface area (Å²) in [6, 6.07) is 7.37. The lowest BCUT2D eigenvalue weighted by Crippen LogP contribution is -2.53. The largest absolute Gasteiger partial charge is 0.465 e. The van der Waals surface area contributed by atoms with E-state index in [1.54, 1.807) is 21.6 Å². The van der Waals surface area contributed by atoms with Crippen LogP contribution in [0, 0.1) is 11.8 Å². The van der Waals surface area contributed by atoms with Crippen LogP contribution in [-0.2, 0) is 19.1 Å². The summed E-state index contributed by atoms with van der Waals surface area (Å²) in [5.74, 6) is -1.84.